The molecule has 0 aliphatic carbocycles. The van der Waals surface area contributed by atoms with Gasteiger partial charge in [0, 0.05) is 33.0 Å². The van der Waals surface area contributed by atoms with Gasteiger partial charge in [0.15, 0.2) is 17.5 Å². The van der Waals surface area contributed by atoms with E-state index in [2.05, 4.69) is 125 Å². The number of aromatic nitrogens is 4. The summed E-state index contributed by atoms with van der Waals surface area (Å²) in [4.78, 5) is 15.3. The van der Waals surface area contributed by atoms with Crippen molar-refractivity contribution < 1.29 is 4.39 Å². The SMILES string of the molecule is Cc1cc(C)c(-c2ccc3c4ccc(-c5c(C)cc(C)cc5C)cc4n(-c4cc(-c5nc(-c6ccccc6)nc(-c6ccccc6)n5)ccc4-c4ccc(F)cc4)c3c2)c(C)c1. The molecule has 2 heterocycles. The number of fused-ring (bicyclic) bond motifs is 3. The molecule has 300 valence electrons. The molecule has 0 unspecified atom stereocenters. The fourth-order valence-electron chi connectivity index (χ4n) is 9.53. The molecule has 8 aromatic carbocycles. The predicted octanol–water partition coefficient (Wildman–Crippen LogP) is 15.0. The number of benzene rings is 8. The van der Waals surface area contributed by atoms with E-state index >= 15 is 0 Å². The van der Waals surface area contributed by atoms with E-state index in [-0.39, 0.29) is 5.82 Å². The highest BCUT2D eigenvalue weighted by atomic mass is 19.1. The highest BCUT2D eigenvalue weighted by molar-refractivity contribution is 6.12. The minimum Gasteiger partial charge on any atom is -0.309 e. The molecule has 4 nitrogen and oxygen atoms in total. The van der Waals surface area contributed by atoms with E-state index in [0.29, 0.717) is 17.5 Å². The molecule has 5 heteroatoms. The zero-order valence-corrected chi connectivity index (χ0v) is 35.8. The van der Waals surface area contributed by atoms with Gasteiger partial charge in [-0.2, -0.15) is 0 Å². The molecule has 0 spiro atoms. The smallest absolute Gasteiger partial charge is 0.164 e. The number of nitrogens with zero attached hydrogens (tertiary/aromatic N) is 4. The van der Waals surface area contributed by atoms with E-state index in [1.165, 1.54) is 56.6 Å². The van der Waals surface area contributed by atoms with E-state index in [1.54, 1.807) is 0 Å². The second-order valence-corrected chi connectivity index (χ2v) is 16.6. The van der Waals surface area contributed by atoms with Gasteiger partial charge in [-0.1, -0.05) is 145 Å². The molecule has 0 atom stereocenters. The molecule has 0 fully saturated rings. The Morgan fingerprint density at radius 3 is 1.23 bits per heavy atom. The van der Waals surface area contributed by atoms with Crippen LogP contribution in [0.25, 0.3) is 95.0 Å². The second-order valence-electron chi connectivity index (χ2n) is 16.6. The summed E-state index contributed by atoms with van der Waals surface area (Å²) in [6.45, 7) is 13.1. The summed E-state index contributed by atoms with van der Waals surface area (Å²) in [7, 11) is 0. The van der Waals surface area contributed by atoms with Crippen molar-refractivity contribution in [1.29, 1.82) is 0 Å². The third-order valence-electron chi connectivity index (χ3n) is 12.1. The maximum atomic E-state index is 14.6. The quantitative estimate of drug-likeness (QED) is 0.161. The number of hydrogen-bond acceptors (Lipinski definition) is 3. The standard InChI is InChI=1S/C57H45FN4/c1-34-27-36(3)53(37(4)28-34)43-19-25-48-49-26-20-44(54-38(5)29-35(2)30-39(54)6)32-52(49)62(51(48)31-43)50-33-45(21-24-47(50)40-17-22-46(58)23-18-40)57-60-55(41-13-9-7-10-14-41)59-56(61-57)42-15-11-8-12-16-42/h7-33H,1-6H3. The van der Waals surface area contributed by atoms with Crippen molar-refractivity contribution in [3.05, 3.63) is 203 Å². The van der Waals surface area contributed by atoms with Crippen LogP contribution in [-0.2, 0) is 0 Å². The van der Waals surface area contributed by atoms with E-state index in [4.69, 9.17) is 15.0 Å². The molecule has 0 saturated heterocycles. The van der Waals surface area contributed by atoms with Crippen molar-refractivity contribution in [3.8, 4) is 73.2 Å². The summed E-state index contributed by atoms with van der Waals surface area (Å²) in [5.74, 6) is 1.47. The van der Waals surface area contributed by atoms with Crippen LogP contribution in [0.2, 0.25) is 0 Å². The van der Waals surface area contributed by atoms with Crippen LogP contribution in [0.5, 0.6) is 0 Å². The summed E-state index contributed by atoms with van der Waals surface area (Å²) in [6, 6.07) is 56.1. The van der Waals surface area contributed by atoms with Gasteiger partial charge in [-0.15, -0.1) is 0 Å². The lowest BCUT2D eigenvalue weighted by Crippen LogP contribution is -2.02. The molecule has 0 saturated carbocycles. The van der Waals surface area contributed by atoms with Crippen molar-refractivity contribution in [1.82, 2.24) is 19.5 Å². The molecule has 0 bridgehead atoms. The molecule has 0 aliphatic heterocycles. The summed E-state index contributed by atoms with van der Waals surface area (Å²) < 4.78 is 17.0. The number of rotatable bonds is 7. The molecule has 0 aliphatic rings. The van der Waals surface area contributed by atoms with Crippen molar-refractivity contribution in [2.75, 3.05) is 0 Å². The summed E-state index contributed by atoms with van der Waals surface area (Å²) in [5.41, 5.74) is 19.8. The van der Waals surface area contributed by atoms with Gasteiger partial charge in [0.1, 0.15) is 5.82 Å². The van der Waals surface area contributed by atoms with Gasteiger partial charge in [-0.25, -0.2) is 19.3 Å². The van der Waals surface area contributed by atoms with Crippen molar-refractivity contribution in [3.63, 3.8) is 0 Å². The normalized spacial score (nSPS) is 11.5. The van der Waals surface area contributed by atoms with Crippen LogP contribution in [0.3, 0.4) is 0 Å². The molecule has 62 heavy (non-hydrogen) atoms. The Morgan fingerprint density at radius 2 is 0.774 bits per heavy atom. The Labute approximate surface area is 362 Å². The molecule has 10 rings (SSSR count). The number of hydrogen-bond donors (Lipinski definition) is 0. The van der Waals surface area contributed by atoms with Crippen LogP contribution in [0.4, 0.5) is 4.39 Å². The first-order valence-electron chi connectivity index (χ1n) is 21.1. The van der Waals surface area contributed by atoms with Gasteiger partial charge in [-0.05, 0) is 122 Å². The molecular weight excluding hydrogens is 760 g/mol. The average molecular weight is 805 g/mol. The Balaban J connectivity index is 1.30. The van der Waals surface area contributed by atoms with E-state index in [9.17, 15) is 4.39 Å². The third kappa shape index (κ3) is 6.95. The fourth-order valence-corrected chi connectivity index (χ4v) is 9.53. The summed E-state index contributed by atoms with van der Waals surface area (Å²) >= 11 is 0. The van der Waals surface area contributed by atoms with E-state index in [1.807, 2.05) is 72.8 Å². The van der Waals surface area contributed by atoms with Crippen LogP contribution < -0.4 is 0 Å². The molecule has 10 aromatic rings. The van der Waals surface area contributed by atoms with Crippen LogP contribution in [0, 0.1) is 47.4 Å². The minimum atomic E-state index is -0.280. The van der Waals surface area contributed by atoms with Crippen molar-refractivity contribution in [2.45, 2.75) is 41.5 Å². The number of halogens is 1. The predicted molar refractivity (Wildman–Crippen MR) is 255 cm³/mol. The van der Waals surface area contributed by atoms with E-state index in [0.717, 1.165) is 66.4 Å². The first-order valence-corrected chi connectivity index (χ1v) is 21.1. The first kappa shape index (κ1) is 38.7. The summed E-state index contributed by atoms with van der Waals surface area (Å²) in [5, 5.41) is 2.28. The highest BCUT2D eigenvalue weighted by Crippen LogP contribution is 2.42. The zero-order valence-electron chi connectivity index (χ0n) is 35.8. The van der Waals surface area contributed by atoms with Gasteiger partial charge >= 0.3 is 0 Å². The topological polar surface area (TPSA) is 43.6 Å². The largest absolute Gasteiger partial charge is 0.309 e. The lowest BCUT2D eigenvalue weighted by atomic mass is 9.92. The number of aryl methyl sites for hydroxylation is 6. The molecule has 0 amide bonds. The lowest BCUT2D eigenvalue weighted by molar-refractivity contribution is 0.628. The van der Waals surface area contributed by atoms with Gasteiger partial charge in [0.25, 0.3) is 0 Å². The molecule has 2 aromatic heterocycles. The minimum absolute atomic E-state index is 0.280. The van der Waals surface area contributed by atoms with Gasteiger partial charge in [0.2, 0.25) is 0 Å². The monoisotopic (exact) mass is 804 g/mol. The Bertz CT molecular complexity index is 3130. The third-order valence-corrected chi connectivity index (χ3v) is 12.1. The maximum Gasteiger partial charge on any atom is 0.164 e. The first-order chi connectivity index (χ1) is 30.1. The van der Waals surface area contributed by atoms with Crippen LogP contribution in [0.15, 0.2) is 164 Å². The van der Waals surface area contributed by atoms with Gasteiger partial charge < -0.3 is 4.57 Å². The Hall–Kier alpha value is -7.50. The Morgan fingerprint density at radius 1 is 0.371 bits per heavy atom. The molecule has 0 N–H and O–H groups in total. The van der Waals surface area contributed by atoms with Crippen molar-refractivity contribution >= 4 is 21.8 Å². The average Bonchev–Trinajstić information content (AvgIpc) is 3.59. The second kappa shape index (κ2) is 15.5. The van der Waals surface area contributed by atoms with Crippen LogP contribution in [0.1, 0.15) is 33.4 Å². The zero-order chi connectivity index (χ0) is 42.6. The Kier molecular flexibility index (Phi) is 9.68. The van der Waals surface area contributed by atoms with Crippen LogP contribution in [-0.4, -0.2) is 19.5 Å². The van der Waals surface area contributed by atoms with Gasteiger partial charge in [0.05, 0.1) is 16.7 Å². The molecular formula is C57H45FN4. The molecule has 0 radical (unpaired) electrons. The maximum absolute atomic E-state index is 14.6. The van der Waals surface area contributed by atoms with Crippen LogP contribution >= 0.6 is 0 Å². The van der Waals surface area contributed by atoms with Gasteiger partial charge in [-0.3, -0.25) is 0 Å². The summed E-state index contributed by atoms with van der Waals surface area (Å²) in [6.07, 6.45) is 0. The fraction of sp³-hybridized carbons (Fsp3) is 0.105. The van der Waals surface area contributed by atoms with E-state index < -0.39 is 0 Å². The highest BCUT2D eigenvalue weighted by Gasteiger charge is 2.21. The van der Waals surface area contributed by atoms with Crippen molar-refractivity contribution in [2.24, 2.45) is 0 Å². The lowest BCUT2D eigenvalue weighted by Gasteiger charge is -2.18.